The number of allylic oxidation sites excluding steroid dienone is 1. The number of fused-ring (bicyclic) bond motifs is 6. The number of carbonyl (C=O) groups is 6. The Balaban J connectivity index is 1.76. The molecule has 0 aromatic rings. The summed E-state index contributed by atoms with van der Waals surface area (Å²) in [4.78, 5) is 82.1. The molecule has 16 heteroatoms. The number of ketones is 1. The van der Waals surface area contributed by atoms with Crippen molar-refractivity contribution >= 4 is 35.8 Å². The van der Waals surface area contributed by atoms with Gasteiger partial charge in [-0.3, -0.25) is 19.2 Å². The van der Waals surface area contributed by atoms with Crippen LogP contribution in [0.1, 0.15) is 108 Å². The molecule has 0 aromatic heterocycles. The molecule has 3 fully saturated rings. The van der Waals surface area contributed by atoms with Gasteiger partial charge in [-0.1, -0.05) is 32.9 Å². The first kappa shape index (κ1) is 44.2. The summed E-state index contributed by atoms with van der Waals surface area (Å²) >= 11 is 0. The van der Waals surface area contributed by atoms with E-state index in [0.717, 1.165) is 13.8 Å². The second-order valence-corrected chi connectivity index (χ2v) is 18.2. The Kier molecular flexibility index (Phi) is 12.2. The lowest BCUT2D eigenvalue weighted by Crippen LogP contribution is -2.82. The summed E-state index contributed by atoms with van der Waals surface area (Å²) in [5, 5.41) is 39.5. The van der Waals surface area contributed by atoms with Crippen molar-refractivity contribution in [3.63, 3.8) is 0 Å². The normalized spacial score (nSPS) is 39.7. The zero-order valence-electron chi connectivity index (χ0n) is 34.5. The van der Waals surface area contributed by atoms with Crippen LogP contribution < -0.4 is 5.32 Å². The Labute approximate surface area is 333 Å². The van der Waals surface area contributed by atoms with Crippen molar-refractivity contribution in [1.29, 1.82) is 0 Å². The molecule has 0 aromatic carbocycles. The molecule has 318 valence electrons. The highest BCUT2D eigenvalue weighted by Gasteiger charge is 2.78. The van der Waals surface area contributed by atoms with Crippen molar-refractivity contribution in [3.8, 4) is 0 Å². The first-order valence-electron chi connectivity index (χ1n) is 19.7. The van der Waals surface area contributed by atoms with E-state index in [1.807, 2.05) is 6.92 Å². The topological polar surface area (TPSA) is 231 Å². The minimum absolute atomic E-state index is 0.0111. The Morgan fingerprint density at radius 1 is 1.00 bits per heavy atom. The number of hydrogen-bond acceptors (Lipinski definition) is 15. The van der Waals surface area contributed by atoms with E-state index in [4.69, 9.17) is 28.4 Å². The van der Waals surface area contributed by atoms with Gasteiger partial charge >= 0.3 is 30.0 Å². The maximum atomic E-state index is 15.3. The first-order chi connectivity index (χ1) is 26.3. The molecule has 57 heavy (non-hydrogen) atoms. The highest BCUT2D eigenvalue weighted by atomic mass is 16.6. The SMILES string of the molecule is CC(=O)O[C@@H]1C(=O)[C@@]2(C)[C@H]([C@H]3OC(=O)C[C@@H](C)CCC=CC[C@@H](NC(=O)OC(C)(C)C)[C@H](O)C(=O)O[C@H]4C[C@@]3(O)C(C)(C)C1=C4C)[C@@]1(OC(C)=O)CO[C@@H]1C[C@@H]2O. The van der Waals surface area contributed by atoms with Crippen LogP contribution in [0.3, 0.4) is 0 Å². The van der Waals surface area contributed by atoms with Crippen molar-refractivity contribution in [2.24, 2.45) is 22.7 Å². The molecule has 2 heterocycles. The van der Waals surface area contributed by atoms with Crippen LogP contribution >= 0.6 is 0 Å². The number of aliphatic hydroxyl groups is 3. The van der Waals surface area contributed by atoms with Gasteiger partial charge in [-0.05, 0) is 70.9 Å². The predicted octanol–water partition coefficient (Wildman–Crippen LogP) is 2.91. The highest BCUT2D eigenvalue weighted by Crippen LogP contribution is 2.64. The Bertz CT molecular complexity index is 1710. The average molecular weight is 806 g/mol. The van der Waals surface area contributed by atoms with Crippen LogP contribution in [0.15, 0.2) is 23.3 Å². The maximum Gasteiger partial charge on any atom is 0.407 e. The van der Waals surface area contributed by atoms with Gasteiger partial charge < -0.3 is 49.1 Å². The van der Waals surface area contributed by atoms with Crippen molar-refractivity contribution < 1.29 is 72.5 Å². The standard InChI is InChI=1S/C41H59NO15/c1-20-14-12-11-13-15-24(42-36(50)57-37(5,6)7)30(47)35(49)54-25-18-41(51)34(55-28(46)16-20)32-39(10,26(45)17-27-40(32,19-52-27)56-23(4)44)33(48)31(53-22(3)43)29(21(25)2)38(41,8)9/h11,13,20,24-27,30-32,34,45,47,51H,12,14-19H2,1-10H3,(H,42,50)/t20-,24+,25-,26-,27+,30-,31-,32-,34+,39+,40+,41-/m0/s1. The number of Topliss-reactive ketones (excluding diaryl/α,β-unsaturated/α-hetero) is 1. The molecule has 2 aliphatic heterocycles. The lowest BCUT2D eigenvalue weighted by atomic mass is 9.44. The molecular formula is C41H59NO15. The molecule has 2 saturated carbocycles. The van der Waals surface area contributed by atoms with Gasteiger partial charge in [0.05, 0.1) is 30.1 Å². The smallest absolute Gasteiger partial charge is 0.407 e. The summed E-state index contributed by atoms with van der Waals surface area (Å²) in [6.07, 6.45) is -6.67. The number of carbonyl (C=O) groups excluding carboxylic acids is 6. The van der Waals surface area contributed by atoms with Crippen LogP contribution in [-0.4, -0.2) is 117 Å². The summed E-state index contributed by atoms with van der Waals surface area (Å²) in [5.41, 5.74) is -8.29. The Hall–Kier alpha value is -3.86. The molecule has 4 N–H and O–H groups in total. The minimum Gasteiger partial charge on any atom is -0.459 e. The van der Waals surface area contributed by atoms with E-state index in [0.29, 0.717) is 12.8 Å². The Morgan fingerprint density at radius 2 is 1.67 bits per heavy atom. The van der Waals surface area contributed by atoms with Gasteiger partial charge in [-0.25, -0.2) is 9.59 Å². The molecule has 5 aliphatic rings. The summed E-state index contributed by atoms with van der Waals surface area (Å²) in [6.45, 7) is 14.9. The van der Waals surface area contributed by atoms with E-state index >= 15 is 4.79 Å². The summed E-state index contributed by atoms with van der Waals surface area (Å²) in [7, 11) is 0. The van der Waals surface area contributed by atoms with Gasteiger partial charge in [0, 0.05) is 38.5 Å². The van der Waals surface area contributed by atoms with E-state index in [1.54, 1.807) is 46.8 Å². The summed E-state index contributed by atoms with van der Waals surface area (Å²) in [5.74, 6) is -6.15. The molecule has 0 unspecified atom stereocenters. The molecule has 0 spiro atoms. The number of rotatable bonds is 3. The number of amides is 1. The van der Waals surface area contributed by atoms with Crippen LogP contribution in [-0.2, 0) is 52.4 Å². The number of alkyl carbamates (subject to hydrolysis) is 1. The molecule has 16 nitrogen and oxygen atoms in total. The van der Waals surface area contributed by atoms with Crippen LogP contribution in [0.2, 0.25) is 0 Å². The minimum atomic E-state index is -2.31. The zero-order chi connectivity index (χ0) is 42.6. The van der Waals surface area contributed by atoms with E-state index in [1.165, 1.54) is 13.8 Å². The van der Waals surface area contributed by atoms with Crippen LogP contribution in [0.25, 0.3) is 0 Å². The van der Waals surface area contributed by atoms with E-state index < -0.39 is 118 Å². The van der Waals surface area contributed by atoms with Gasteiger partial charge in [0.2, 0.25) is 0 Å². The number of ether oxygens (including phenoxy) is 6. The van der Waals surface area contributed by atoms with E-state index in [-0.39, 0.29) is 42.9 Å². The molecule has 3 bridgehead atoms. The summed E-state index contributed by atoms with van der Waals surface area (Å²) in [6, 6.07) is -1.23. The monoisotopic (exact) mass is 805 g/mol. The van der Waals surface area contributed by atoms with Crippen molar-refractivity contribution in [2.75, 3.05) is 6.61 Å². The highest BCUT2D eigenvalue weighted by molar-refractivity contribution is 5.95. The third-order valence-electron chi connectivity index (χ3n) is 12.7. The van der Waals surface area contributed by atoms with Crippen molar-refractivity contribution in [1.82, 2.24) is 5.32 Å². The average Bonchev–Trinajstić information content (AvgIpc) is 3.07. The maximum absolute atomic E-state index is 15.3. The fourth-order valence-corrected chi connectivity index (χ4v) is 9.68. The van der Waals surface area contributed by atoms with Crippen LogP contribution in [0, 0.1) is 22.7 Å². The van der Waals surface area contributed by atoms with Crippen molar-refractivity contribution in [3.05, 3.63) is 23.3 Å². The summed E-state index contributed by atoms with van der Waals surface area (Å²) < 4.78 is 35.4. The molecule has 3 aliphatic carbocycles. The first-order valence-corrected chi connectivity index (χ1v) is 19.7. The molecule has 1 saturated heterocycles. The van der Waals surface area contributed by atoms with Gasteiger partial charge in [0.1, 0.15) is 29.5 Å². The molecular weight excluding hydrogens is 746 g/mol. The van der Waals surface area contributed by atoms with E-state index in [2.05, 4.69) is 5.32 Å². The van der Waals surface area contributed by atoms with Gasteiger partial charge in [-0.15, -0.1) is 0 Å². The number of nitrogens with one attached hydrogen (secondary N) is 1. The van der Waals surface area contributed by atoms with E-state index in [9.17, 15) is 39.3 Å². The lowest BCUT2D eigenvalue weighted by Gasteiger charge is -2.67. The third kappa shape index (κ3) is 7.98. The van der Waals surface area contributed by atoms with Gasteiger partial charge in [0.15, 0.2) is 23.6 Å². The second-order valence-electron chi connectivity index (χ2n) is 18.2. The fourth-order valence-electron chi connectivity index (χ4n) is 9.68. The van der Waals surface area contributed by atoms with Crippen molar-refractivity contribution in [2.45, 2.75) is 167 Å². The number of hydrogen-bond donors (Lipinski definition) is 4. The fraction of sp³-hybridized carbons (Fsp3) is 0.756. The second kappa shape index (κ2) is 15.7. The van der Waals surface area contributed by atoms with Gasteiger partial charge in [0.25, 0.3) is 0 Å². The molecule has 12 atom stereocenters. The van der Waals surface area contributed by atoms with Crippen LogP contribution in [0.5, 0.6) is 0 Å². The quantitative estimate of drug-likeness (QED) is 0.183. The predicted molar refractivity (Wildman–Crippen MR) is 199 cm³/mol. The molecule has 5 rings (SSSR count). The Morgan fingerprint density at radius 3 is 2.25 bits per heavy atom. The molecule has 0 radical (unpaired) electrons. The molecule has 1 amide bonds. The number of aliphatic hydroxyl groups excluding tert-OH is 2. The largest absolute Gasteiger partial charge is 0.459 e. The van der Waals surface area contributed by atoms with Gasteiger partial charge in [-0.2, -0.15) is 0 Å². The lowest BCUT2D eigenvalue weighted by molar-refractivity contribution is -0.347. The zero-order valence-corrected chi connectivity index (χ0v) is 34.5. The third-order valence-corrected chi connectivity index (χ3v) is 12.7. The number of esters is 4. The van der Waals surface area contributed by atoms with Crippen LogP contribution in [0.4, 0.5) is 4.79 Å².